The Morgan fingerprint density at radius 2 is 1.67 bits per heavy atom. The number of rotatable bonds is 5. The van der Waals surface area contributed by atoms with Crippen LogP contribution in [0.2, 0.25) is 0 Å². The van der Waals surface area contributed by atoms with E-state index in [0.717, 1.165) is 29.9 Å². The summed E-state index contributed by atoms with van der Waals surface area (Å²) in [5.41, 5.74) is 6.46. The molecule has 1 aromatic carbocycles. The number of carbonyl (C=O) groups is 1. The van der Waals surface area contributed by atoms with Gasteiger partial charge in [0.2, 0.25) is 12.7 Å². The summed E-state index contributed by atoms with van der Waals surface area (Å²) in [4.78, 5) is 13.0. The molecule has 2 saturated heterocycles. The van der Waals surface area contributed by atoms with Crippen molar-refractivity contribution in [3.05, 3.63) is 23.8 Å². The first-order valence-corrected chi connectivity index (χ1v) is 9.72. The van der Waals surface area contributed by atoms with Gasteiger partial charge < -0.3 is 30.0 Å². The van der Waals surface area contributed by atoms with E-state index in [2.05, 4.69) is 11.4 Å². The highest BCUT2D eigenvalue weighted by Crippen LogP contribution is 2.41. The summed E-state index contributed by atoms with van der Waals surface area (Å²) in [5, 5.41) is 3.22. The van der Waals surface area contributed by atoms with E-state index in [1.807, 2.05) is 12.1 Å². The van der Waals surface area contributed by atoms with Crippen molar-refractivity contribution in [3.8, 4) is 11.5 Å². The summed E-state index contributed by atoms with van der Waals surface area (Å²) < 4.78 is 22.0. The smallest absolute Gasteiger partial charge is 0.231 e. The van der Waals surface area contributed by atoms with Gasteiger partial charge in [0, 0.05) is 44.9 Å². The van der Waals surface area contributed by atoms with E-state index in [1.165, 1.54) is 0 Å². The molecule has 4 rings (SSSR count). The average Bonchev–Trinajstić information content (AvgIpc) is 3.21. The number of amides is 1. The minimum Gasteiger partial charge on any atom is -0.454 e. The summed E-state index contributed by atoms with van der Waals surface area (Å²) in [7, 11) is 0. The van der Waals surface area contributed by atoms with Crippen molar-refractivity contribution in [1.82, 2.24) is 5.32 Å². The van der Waals surface area contributed by atoms with Crippen LogP contribution in [0.3, 0.4) is 0 Å². The Balaban J connectivity index is 1.53. The minimum absolute atomic E-state index is 0.0416. The van der Waals surface area contributed by atoms with Gasteiger partial charge in [-0.25, -0.2) is 0 Å². The van der Waals surface area contributed by atoms with Gasteiger partial charge in [0.15, 0.2) is 11.5 Å². The second-order valence-electron chi connectivity index (χ2n) is 7.74. The number of fused-ring (bicyclic) bond motifs is 1. The minimum atomic E-state index is -0.514. The molecule has 0 unspecified atom stereocenters. The summed E-state index contributed by atoms with van der Waals surface area (Å²) in [6, 6.07) is 6.08. The highest BCUT2D eigenvalue weighted by molar-refractivity contribution is 5.83. The molecule has 0 radical (unpaired) electrons. The van der Waals surface area contributed by atoms with Crippen molar-refractivity contribution in [3.63, 3.8) is 0 Å². The van der Waals surface area contributed by atoms with E-state index >= 15 is 0 Å². The fourth-order valence-electron chi connectivity index (χ4n) is 4.28. The average molecular weight is 376 g/mol. The zero-order valence-electron chi connectivity index (χ0n) is 15.6. The van der Waals surface area contributed by atoms with E-state index in [0.29, 0.717) is 52.4 Å². The van der Waals surface area contributed by atoms with Crippen LogP contribution < -0.4 is 20.5 Å². The molecule has 27 heavy (non-hydrogen) atoms. The van der Waals surface area contributed by atoms with E-state index < -0.39 is 5.41 Å². The molecule has 1 aromatic rings. The Bertz CT molecular complexity index is 681. The first kappa shape index (κ1) is 18.5. The van der Waals surface area contributed by atoms with Crippen LogP contribution in [-0.4, -0.2) is 52.2 Å². The Morgan fingerprint density at radius 1 is 1.00 bits per heavy atom. The second kappa shape index (κ2) is 7.66. The molecule has 7 nitrogen and oxygen atoms in total. The highest BCUT2D eigenvalue weighted by atomic mass is 16.7. The Hall–Kier alpha value is -1.83. The zero-order chi connectivity index (χ0) is 18.7. The van der Waals surface area contributed by atoms with Gasteiger partial charge in [-0.05, 0) is 43.4 Å². The molecular formula is C20H28N2O5. The molecular weight excluding hydrogens is 348 g/mol. The number of ether oxygens (including phenoxy) is 4. The van der Waals surface area contributed by atoms with Crippen LogP contribution in [0.15, 0.2) is 18.2 Å². The molecule has 0 bridgehead atoms. The first-order valence-electron chi connectivity index (χ1n) is 9.72. The number of hydrogen-bond acceptors (Lipinski definition) is 6. The number of nitrogens with one attached hydrogen (secondary N) is 1. The maximum absolute atomic E-state index is 13.0. The van der Waals surface area contributed by atoms with Gasteiger partial charge in [0.25, 0.3) is 0 Å². The molecule has 3 heterocycles. The van der Waals surface area contributed by atoms with Crippen LogP contribution in [0.4, 0.5) is 0 Å². The third-order valence-corrected chi connectivity index (χ3v) is 6.34. The third-order valence-electron chi connectivity index (χ3n) is 6.34. The van der Waals surface area contributed by atoms with Gasteiger partial charge in [0.1, 0.15) is 0 Å². The Kier molecular flexibility index (Phi) is 5.25. The van der Waals surface area contributed by atoms with E-state index in [9.17, 15) is 4.79 Å². The van der Waals surface area contributed by atoms with Crippen molar-refractivity contribution in [2.75, 3.05) is 46.3 Å². The van der Waals surface area contributed by atoms with Crippen LogP contribution in [0, 0.1) is 5.41 Å². The first-order chi connectivity index (χ1) is 13.2. The fourth-order valence-corrected chi connectivity index (χ4v) is 4.28. The fraction of sp³-hybridized carbons (Fsp3) is 0.650. The number of benzene rings is 1. The zero-order valence-corrected chi connectivity index (χ0v) is 15.6. The molecule has 0 aromatic heterocycles. The van der Waals surface area contributed by atoms with Crippen LogP contribution in [0.25, 0.3) is 0 Å². The molecule has 2 fully saturated rings. The molecule has 3 N–H and O–H groups in total. The lowest BCUT2D eigenvalue weighted by Gasteiger charge is -2.40. The second-order valence-corrected chi connectivity index (χ2v) is 7.74. The van der Waals surface area contributed by atoms with Crippen molar-refractivity contribution >= 4 is 5.91 Å². The third kappa shape index (κ3) is 3.51. The predicted molar refractivity (Wildman–Crippen MR) is 98.8 cm³/mol. The van der Waals surface area contributed by atoms with Crippen molar-refractivity contribution in [2.24, 2.45) is 11.1 Å². The quantitative estimate of drug-likeness (QED) is 0.806. The van der Waals surface area contributed by atoms with Gasteiger partial charge in [0.05, 0.1) is 5.41 Å². The summed E-state index contributed by atoms with van der Waals surface area (Å²) in [6.07, 6.45) is 3.06. The van der Waals surface area contributed by atoms with Crippen molar-refractivity contribution in [1.29, 1.82) is 0 Å². The molecule has 1 amide bonds. The largest absolute Gasteiger partial charge is 0.454 e. The lowest BCUT2D eigenvalue weighted by Crippen LogP contribution is -2.53. The SMILES string of the molecule is NCC1(C(=O)NCC2(c3ccc4c(c3)OCO4)CCOCC2)CCOCC1. The molecule has 3 aliphatic heterocycles. The lowest BCUT2D eigenvalue weighted by atomic mass is 9.73. The van der Waals surface area contributed by atoms with Crippen LogP contribution in [-0.2, 0) is 19.7 Å². The summed E-state index contributed by atoms with van der Waals surface area (Å²) >= 11 is 0. The van der Waals surface area contributed by atoms with Crippen molar-refractivity contribution < 1.29 is 23.7 Å². The van der Waals surface area contributed by atoms with Gasteiger partial charge in [-0.15, -0.1) is 0 Å². The predicted octanol–water partition coefficient (Wildman–Crippen LogP) is 1.34. The monoisotopic (exact) mass is 376 g/mol. The maximum atomic E-state index is 13.0. The number of nitrogens with two attached hydrogens (primary N) is 1. The van der Waals surface area contributed by atoms with Crippen LogP contribution in [0.5, 0.6) is 11.5 Å². The lowest BCUT2D eigenvalue weighted by molar-refractivity contribution is -0.136. The van der Waals surface area contributed by atoms with Gasteiger partial charge >= 0.3 is 0 Å². The standard InChI is InChI=1S/C20H28N2O5/c21-12-19(3-7-24-8-4-19)18(23)22-13-20(5-9-25-10-6-20)15-1-2-16-17(11-15)27-14-26-16/h1-2,11H,3-10,12-14,21H2,(H,22,23). The van der Waals surface area contributed by atoms with Crippen LogP contribution in [0.1, 0.15) is 31.2 Å². The van der Waals surface area contributed by atoms with Crippen molar-refractivity contribution in [2.45, 2.75) is 31.1 Å². The molecule has 7 heteroatoms. The molecule has 3 aliphatic rings. The van der Waals surface area contributed by atoms with Gasteiger partial charge in [-0.3, -0.25) is 4.79 Å². The number of carbonyl (C=O) groups excluding carboxylic acids is 1. The molecule has 0 aliphatic carbocycles. The van der Waals surface area contributed by atoms with Gasteiger partial charge in [-0.2, -0.15) is 0 Å². The normalized spacial score (nSPS) is 23.0. The Morgan fingerprint density at radius 3 is 2.37 bits per heavy atom. The maximum Gasteiger partial charge on any atom is 0.231 e. The Labute approximate surface area is 159 Å². The van der Waals surface area contributed by atoms with E-state index in [4.69, 9.17) is 24.7 Å². The molecule has 0 atom stereocenters. The van der Waals surface area contributed by atoms with Crippen LogP contribution >= 0.6 is 0 Å². The molecule has 148 valence electrons. The van der Waals surface area contributed by atoms with Gasteiger partial charge in [-0.1, -0.05) is 6.07 Å². The number of hydrogen-bond donors (Lipinski definition) is 2. The van der Waals surface area contributed by atoms with E-state index in [-0.39, 0.29) is 18.1 Å². The molecule has 0 spiro atoms. The summed E-state index contributed by atoms with van der Waals surface area (Å²) in [5.74, 6) is 1.58. The van der Waals surface area contributed by atoms with E-state index in [1.54, 1.807) is 0 Å². The molecule has 0 saturated carbocycles. The summed E-state index contributed by atoms with van der Waals surface area (Å²) in [6.45, 7) is 3.71. The topological polar surface area (TPSA) is 92.0 Å². The highest BCUT2D eigenvalue weighted by Gasteiger charge is 2.41.